The lowest BCUT2D eigenvalue weighted by Gasteiger charge is -2.14. The second-order valence-corrected chi connectivity index (χ2v) is 4.81. The van der Waals surface area contributed by atoms with Gasteiger partial charge in [0.25, 0.3) is 0 Å². The fourth-order valence-electron chi connectivity index (χ4n) is 1.48. The van der Waals surface area contributed by atoms with Crippen LogP contribution in [0.5, 0.6) is 5.75 Å². The molecule has 1 aromatic carbocycles. The molecule has 1 rings (SSSR count). The van der Waals surface area contributed by atoms with E-state index in [1.54, 1.807) is 0 Å². The molecule has 0 amide bonds. The second kappa shape index (κ2) is 6.67. The van der Waals surface area contributed by atoms with Crippen LogP contribution < -0.4 is 10.5 Å². The maximum absolute atomic E-state index is 5.99. The Labute approximate surface area is 108 Å². The van der Waals surface area contributed by atoms with Gasteiger partial charge in [0.1, 0.15) is 12.4 Å². The molecule has 1 atom stereocenters. The predicted molar refractivity (Wildman–Crippen MR) is 73.7 cm³/mol. The van der Waals surface area contributed by atoms with Gasteiger partial charge in [0.15, 0.2) is 0 Å². The van der Waals surface area contributed by atoms with Crippen LogP contribution in [0.2, 0.25) is 5.02 Å². The van der Waals surface area contributed by atoms with Crippen LogP contribution in [0.3, 0.4) is 0 Å². The highest BCUT2D eigenvalue weighted by Gasteiger charge is 2.09. The molecule has 1 unspecified atom stereocenters. The van der Waals surface area contributed by atoms with Gasteiger partial charge >= 0.3 is 0 Å². The van der Waals surface area contributed by atoms with E-state index in [0.717, 1.165) is 29.7 Å². The van der Waals surface area contributed by atoms with E-state index in [1.165, 1.54) is 0 Å². The summed E-state index contributed by atoms with van der Waals surface area (Å²) in [6.07, 6.45) is 1.72. The van der Waals surface area contributed by atoms with E-state index in [1.807, 2.05) is 25.1 Å². The van der Waals surface area contributed by atoms with Crippen molar-refractivity contribution in [2.45, 2.75) is 32.7 Å². The zero-order valence-corrected chi connectivity index (χ0v) is 11.3. The van der Waals surface area contributed by atoms with Crippen molar-refractivity contribution >= 4 is 11.6 Å². The van der Waals surface area contributed by atoms with Crippen LogP contribution in [0.4, 0.5) is 0 Å². The minimum Gasteiger partial charge on any atom is -0.489 e. The number of rotatable bonds is 6. The molecule has 0 spiro atoms. The van der Waals surface area contributed by atoms with Crippen molar-refractivity contribution in [3.8, 4) is 5.75 Å². The van der Waals surface area contributed by atoms with Crippen LogP contribution in [0, 0.1) is 0 Å². The van der Waals surface area contributed by atoms with Gasteiger partial charge in [-0.2, -0.15) is 0 Å². The molecule has 0 aliphatic carbocycles. The number of benzene rings is 1. The second-order valence-electron chi connectivity index (χ2n) is 4.37. The highest BCUT2D eigenvalue weighted by atomic mass is 35.5. The lowest BCUT2D eigenvalue weighted by molar-refractivity contribution is 0.347. The minimum absolute atomic E-state index is 0.139. The molecular formula is C14H20ClNO. The number of hydrogen-bond donors (Lipinski definition) is 1. The summed E-state index contributed by atoms with van der Waals surface area (Å²) in [6.45, 7) is 8.35. The summed E-state index contributed by atoms with van der Waals surface area (Å²) < 4.78 is 5.69. The highest BCUT2D eigenvalue weighted by molar-refractivity contribution is 6.30. The predicted octanol–water partition coefficient (Wildman–Crippen LogP) is 3.57. The molecule has 0 fully saturated rings. The van der Waals surface area contributed by atoms with Crippen LogP contribution in [0.1, 0.15) is 25.8 Å². The van der Waals surface area contributed by atoms with E-state index in [-0.39, 0.29) is 6.04 Å². The standard InChI is InChI=1S/C14H20ClNO/c1-4-13(16)8-11-7-12(15)5-6-14(11)17-9-10(2)3/h5-7,13H,2,4,8-9,16H2,1,3H3. The Kier molecular flexibility index (Phi) is 5.52. The quantitative estimate of drug-likeness (QED) is 0.787. The molecule has 3 heteroatoms. The molecule has 0 bridgehead atoms. The van der Waals surface area contributed by atoms with Gasteiger partial charge < -0.3 is 10.5 Å². The molecule has 0 aliphatic heterocycles. The third kappa shape index (κ3) is 4.80. The monoisotopic (exact) mass is 253 g/mol. The molecule has 0 saturated heterocycles. The number of ether oxygens (including phenoxy) is 1. The van der Waals surface area contributed by atoms with E-state index >= 15 is 0 Å². The molecule has 0 saturated carbocycles. The lowest BCUT2D eigenvalue weighted by atomic mass is 10.0. The lowest BCUT2D eigenvalue weighted by Crippen LogP contribution is -2.21. The van der Waals surface area contributed by atoms with Crippen molar-refractivity contribution in [1.82, 2.24) is 0 Å². The van der Waals surface area contributed by atoms with Gasteiger partial charge in [-0.1, -0.05) is 25.1 Å². The zero-order valence-electron chi connectivity index (χ0n) is 10.5. The van der Waals surface area contributed by atoms with Crippen molar-refractivity contribution in [3.63, 3.8) is 0 Å². The molecule has 2 nitrogen and oxygen atoms in total. The average molecular weight is 254 g/mol. The number of halogens is 1. The van der Waals surface area contributed by atoms with Crippen LogP contribution in [0.25, 0.3) is 0 Å². The SMILES string of the molecule is C=C(C)COc1ccc(Cl)cc1CC(N)CC. The van der Waals surface area contributed by atoms with E-state index in [4.69, 9.17) is 22.1 Å². The van der Waals surface area contributed by atoms with Crippen molar-refractivity contribution in [3.05, 3.63) is 40.9 Å². The molecule has 94 valence electrons. The topological polar surface area (TPSA) is 35.2 Å². The summed E-state index contributed by atoms with van der Waals surface area (Å²) in [7, 11) is 0. The Morgan fingerprint density at radius 1 is 1.53 bits per heavy atom. The largest absolute Gasteiger partial charge is 0.489 e. The molecule has 0 heterocycles. The fraction of sp³-hybridized carbons (Fsp3) is 0.429. The van der Waals surface area contributed by atoms with Gasteiger partial charge in [0, 0.05) is 11.1 Å². The third-order valence-corrected chi connectivity index (χ3v) is 2.74. The number of nitrogens with two attached hydrogens (primary N) is 1. The minimum atomic E-state index is 0.139. The van der Waals surface area contributed by atoms with Gasteiger partial charge in [-0.05, 0) is 49.1 Å². The first-order chi connectivity index (χ1) is 8.02. The molecule has 0 radical (unpaired) electrons. The Hall–Kier alpha value is -0.990. The van der Waals surface area contributed by atoms with Gasteiger partial charge in [-0.15, -0.1) is 0 Å². The maximum Gasteiger partial charge on any atom is 0.123 e. The van der Waals surface area contributed by atoms with E-state index in [2.05, 4.69) is 13.5 Å². The van der Waals surface area contributed by atoms with Crippen molar-refractivity contribution < 1.29 is 4.74 Å². The molecule has 17 heavy (non-hydrogen) atoms. The van der Waals surface area contributed by atoms with Crippen molar-refractivity contribution in [1.29, 1.82) is 0 Å². The molecule has 0 aromatic heterocycles. The van der Waals surface area contributed by atoms with E-state index in [9.17, 15) is 0 Å². The average Bonchev–Trinajstić information content (AvgIpc) is 2.27. The first-order valence-corrected chi connectivity index (χ1v) is 6.22. The number of hydrogen-bond acceptors (Lipinski definition) is 2. The summed E-state index contributed by atoms with van der Waals surface area (Å²) in [5.41, 5.74) is 8.02. The first-order valence-electron chi connectivity index (χ1n) is 5.84. The Morgan fingerprint density at radius 3 is 2.82 bits per heavy atom. The summed E-state index contributed by atoms with van der Waals surface area (Å²) in [4.78, 5) is 0. The fourth-order valence-corrected chi connectivity index (χ4v) is 1.67. The Balaban J connectivity index is 2.83. The zero-order chi connectivity index (χ0) is 12.8. The molecule has 1 aromatic rings. The third-order valence-electron chi connectivity index (χ3n) is 2.50. The summed E-state index contributed by atoms with van der Waals surface area (Å²) in [6, 6.07) is 5.78. The van der Waals surface area contributed by atoms with Gasteiger partial charge in [-0.25, -0.2) is 0 Å². The van der Waals surface area contributed by atoms with Crippen LogP contribution in [-0.4, -0.2) is 12.6 Å². The van der Waals surface area contributed by atoms with Gasteiger partial charge in [0.05, 0.1) is 0 Å². The van der Waals surface area contributed by atoms with Crippen molar-refractivity contribution in [2.24, 2.45) is 5.73 Å². The van der Waals surface area contributed by atoms with Crippen LogP contribution in [0.15, 0.2) is 30.4 Å². The van der Waals surface area contributed by atoms with Gasteiger partial charge in [-0.3, -0.25) is 0 Å². The van der Waals surface area contributed by atoms with Crippen molar-refractivity contribution in [2.75, 3.05) is 6.61 Å². The maximum atomic E-state index is 5.99. The molecule has 2 N–H and O–H groups in total. The van der Waals surface area contributed by atoms with E-state index < -0.39 is 0 Å². The van der Waals surface area contributed by atoms with Crippen LogP contribution in [-0.2, 0) is 6.42 Å². The molecule has 0 aliphatic rings. The summed E-state index contributed by atoms with van der Waals surface area (Å²) >= 11 is 5.99. The van der Waals surface area contributed by atoms with Gasteiger partial charge in [0.2, 0.25) is 0 Å². The Morgan fingerprint density at radius 2 is 2.24 bits per heavy atom. The first kappa shape index (κ1) is 14.1. The van der Waals surface area contributed by atoms with Crippen LogP contribution >= 0.6 is 11.6 Å². The Bertz CT molecular complexity index is 390. The summed E-state index contributed by atoms with van der Waals surface area (Å²) in [5.74, 6) is 0.848. The summed E-state index contributed by atoms with van der Waals surface area (Å²) in [5, 5.41) is 0.714. The smallest absolute Gasteiger partial charge is 0.123 e. The molecular weight excluding hydrogens is 234 g/mol. The normalized spacial score (nSPS) is 12.2. The highest BCUT2D eigenvalue weighted by Crippen LogP contribution is 2.24. The van der Waals surface area contributed by atoms with E-state index in [0.29, 0.717) is 11.6 Å².